The van der Waals surface area contributed by atoms with Crippen LogP contribution in [0.5, 0.6) is 0 Å². The van der Waals surface area contributed by atoms with Crippen LogP contribution in [0.1, 0.15) is 49.4 Å². The summed E-state index contributed by atoms with van der Waals surface area (Å²) in [5.74, 6) is 0.402. The summed E-state index contributed by atoms with van der Waals surface area (Å²) >= 11 is 3.21. The number of benzene rings is 10. The zero-order valence-corrected chi connectivity index (χ0v) is 81.2. The first kappa shape index (κ1) is 98.0. The third kappa shape index (κ3) is 27.9. The Bertz CT molecular complexity index is 5590. The molecule has 0 saturated heterocycles. The molecule has 1 N–H and O–H groups in total. The van der Waals surface area contributed by atoms with E-state index in [1.807, 2.05) is 197 Å². The van der Waals surface area contributed by atoms with Gasteiger partial charge < -0.3 is 27.9 Å². The molecule has 0 saturated carbocycles. The molecule has 615 valence electrons. The van der Waals surface area contributed by atoms with E-state index in [0.29, 0.717) is 5.89 Å². The first-order valence-corrected chi connectivity index (χ1v) is 38.1. The largest absolute Gasteiger partial charge is 0.477 e. The topological polar surface area (TPSA) is 172 Å². The molecule has 21 heteroatoms. The first-order valence-electron chi connectivity index (χ1n) is 36.2. The van der Waals surface area contributed by atoms with Crippen molar-refractivity contribution in [1.29, 1.82) is 0 Å². The maximum atomic E-state index is 10.1. The van der Waals surface area contributed by atoms with Crippen LogP contribution in [-0.2, 0) is 131 Å². The van der Waals surface area contributed by atoms with Crippen LogP contribution in [-0.4, -0.2) is 50.5 Å². The number of thiazole rings is 2. The molecule has 13 nitrogen and oxygen atoms in total. The Hall–Kier alpha value is -9.85. The Morgan fingerprint density at radius 1 is 0.403 bits per heavy atom. The molecule has 0 unspecified atom stereocenters. The van der Waals surface area contributed by atoms with Crippen LogP contribution in [0.3, 0.4) is 0 Å². The standard InChI is InChI=1S/C21H14NO.C19H19N2.C17H14NO.C17H14NS.C9H6NO.C9H6NS.C6H5NO2.3Ir.3Pt/c1-4-10-16(11-5-1)19-20(17-12-6-2-7-13-17)23-21(22-19)18-14-8-3-9-15-18;1-13-9-14(2)19(15(3)10-13)16-5-6-18(20-11-16)17-7-8-21(4)12-17;2*1-12-4-3-5-13(2)17(12)15-8-6-14(7-9-15)16-10-19-11-18-16;2*1-2-4-8(5-3-1)9-6-11-7-10-9;8-6(9)5-3-1-2-4-7-5;;;;;;/h1-10,12-15H;5-11H,1-4H3;2*3-6,8-11H,1-2H3;2*1-4,6-7H;1-4H,(H,8,9);;;;;;/q6*-1;;;;;;;. The second kappa shape index (κ2) is 50.3. The second-order valence-electron chi connectivity index (χ2n) is 25.9. The van der Waals surface area contributed by atoms with Crippen LogP contribution >= 0.6 is 22.7 Å². The fraction of sp³-hybridized carbons (Fsp3) is 0.0816. The summed E-state index contributed by atoms with van der Waals surface area (Å²) < 4.78 is 17.9. The minimum Gasteiger partial charge on any atom is -0.477 e. The van der Waals surface area contributed by atoms with Gasteiger partial charge in [0.1, 0.15) is 11.5 Å². The smallest absolute Gasteiger partial charge is 0.354 e. The molecule has 0 amide bonds. The van der Waals surface area contributed by atoms with Gasteiger partial charge in [0.2, 0.25) is 5.89 Å². The summed E-state index contributed by atoms with van der Waals surface area (Å²) in [6.07, 6.45) is 14.7. The summed E-state index contributed by atoms with van der Waals surface area (Å²) in [5, 5.41) is 12.4. The van der Waals surface area contributed by atoms with E-state index in [1.54, 1.807) is 47.3 Å². The van der Waals surface area contributed by atoms with Crippen LogP contribution in [0, 0.1) is 85.0 Å². The maximum Gasteiger partial charge on any atom is 0.354 e. The third-order valence-corrected chi connectivity index (χ3v) is 18.9. The van der Waals surface area contributed by atoms with E-state index in [9.17, 15) is 4.79 Å². The minimum atomic E-state index is -0.990. The van der Waals surface area contributed by atoms with Crippen molar-refractivity contribution in [3.63, 3.8) is 0 Å². The Kier molecular flexibility index (Phi) is 41.4. The number of aromatic nitrogens is 8. The van der Waals surface area contributed by atoms with Gasteiger partial charge in [-0.1, -0.05) is 172 Å². The molecular formula is C98H78Ir3N8O5Pt3S2-6. The van der Waals surface area contributed by atoms with Crippen LogP contribution in [0.25, 0.3) is 124 Å². The number of oxazole rings is 3. The zero-order valence-electron chi connectivity index (χ0n) is 65.5. The SMILES string of the molecule is Cc1cc(C)c(-c2ccc(-c3[c-]n(C)cc3)nc2)c(C)c1.Cc1cccc(C)c1-c1c[c-]c(-c2cocn2)cc1.Cc1cccc(C)c1-c1c[c-]c(-c2cscn2)cc1.O=C(O)c1ccccn1.[Ir].[Ir].[Ir].[Pt].[Pt].[Pt].[c-]1ccccc1-c1cocn1.[c-]1ccccc1-c1cscn1.[c-]1ccccc1-c1nc(-c2ccccc2)oc1-c1ccccc1. The maximum absolute atomic E-state index is 10.1. The molecule has 119 heavy (non-hydrogen) atoms. The van der Waals surface area contributed by atoms with Crippen molar-refractivity contribution in [3.05, 3.63) is 402 Å². The van der Waals surface area contributed by atoms with Crippen molar-refractivity contribution in [2.45, 2.75) is 48.5 Å². The second-order valence-corrected chi connectivity index (χ2v) is 27.4. The molecule has 0 fully saturated rings. The van der Waals surface area contributed by atoms with E-state index in [-0.39, 0.29) is 129 Å². The summed E-state index contributed by atoms with van der Waals surface area (Å²) in [6, 6.07) is 100.0. The fourth-order valence-electron chi connectivity index (χ4n) is 12.5. The average Bonchev–Trinajstić information content (AvgIpc) is 1.73. The van der Waals surface area contributed by atoms with Gasteiger partial charge in [-0.2, -0.15) is 6.07 Å². The number of carboxylic acid groups (broad SMARTS) is 1. The van der Waals surface area contributed by atoms with Gasteiger partial charge in [0.05, 0.1) is 23.5 Å². The number of aryl methyl sites for hydroxylation is 8. The summed E-state index contributed by atoms with van der Waals surface area (Å²) in [7, 11) is 1.97. The third-order valence-electron chi connectivity index (χ3n) is 17.7. The molecule has 3 radical (unpaired) electrons. The first-order chi connectivity index (χ1) is 55.2. The van der Waals surface area contributed by atoms with Gasteiger partial charge in [-0.15, -0.1) is 202 Å². The van der Waals surface area contributed by atoms with Crippen molar-refractivity contribution in [3.8, 4) is 124 Å². The molecule has 0 atom stereocenters. The molecule has 18 rings (SSSR count). The number of carboxylic acids is 1. The number of hydrogen-bond acceptors (Lipinski definition) is 13. The summed E-state index contributed by atoms with van der Waals surface area (Å²) in [4.78, 5) is 39.6. The Labute approximate surface area is 787 Å². The normalized spacial score (nSPS) is 9.85. The molecule has 0 spiro atoms. The van der Waals surface area contributed by atoms with E-state index in [4.69, 9.17) is 23.3 Å². The van der Waals surface area contributed by atoms with Crippen molar-refractivity contribution in [2.24, 2.45) is 7.05 Å². The minimum absolute atomic E-state index is 0. The van der Waals surface area contributed by atoms with Crippen LogP contribution in [0.2, 0.25) is 0 Å². The van der Waals surface area contributed by atoms with E-state index in [0.717, 1.165) is 84.4 Å². The Balaban J connectivity index is 0.000000218. The monoisotopic (exact) mass is 2670 g/mol. The molecule has 10 aromatic carbocycles. The quantitative estimate of drug-likeness (QED) is 0.115. The van der Waals surface area contributed by atoms with Gasteiger partial charge in [-0.25, -0.2) is 9.78 Å². The number of carbonyl (C=O) groups is 1. The molecule has 8 aromatic heterocycles. The molecule has 18 aromatic rings. The summed E-state index contributed by atoms with van der Waals surface area (Å²) in [5.41, 5.74) is 33.7. The number of aromatic carboxylic acids is 1. The van der Waals surface area contributed by atoms with E-state index >= 15 is 0 Å². The van der Waals surface area contributed by atoms with Crippen molar-refractivity contribution >= 4 is 28.6 Å². The predicted molar refractivity (Wildman–Crippen MR) is 454 cm³/mol. The van der Waals surface area contributed by atoms with Gasteiger partial charge in [0.15, 0.2) is 12.8 Å². The van der Waals surface area contributed by atoms with Gasteiger partial charge >= 0.3 is 5.97 Å². The molecule has 0 aliphatic heterocycles. The fourth-order valence-corrected chi connectivity index (χ4v) is 13.6. The Morgan fingerprint density at radius 2 is 0.857 bits per heavy atom. The predicted octanol–water partition coefficient (Wildman–Crippen LogP) is 24.8. The number of rotatable bonds is 12. The number of pyridine rings is 2. The van der Waals surface area contributed by atoms with Gasteiger partial charge in [-0.05, 0) is 130 Å². The number of hydrogen-bond donors (Lipinski definition) is 1. The molecular weight excluding hydrogens is 2600 g/mol. The van der Waals surface area contributed by atoms with E-state index in [2.05, 4.69) is 200 Å². The summed E-state index contributed by atoms with van der Waals surface area (Å²) in [6.45, 7) is 15.0. The van der Waals surface area contributed by atoms with Gasteiger partial charge in [-0.3, -0.25) is 24.9 Å². The van der Waals surface area contributed by atoms with Gasteiger partial charge in [0.25, 0.3) is 0 Å². The van der Waals surface area contributed by atoms with Crippen LogP contribution < -0.4 is 0 Å². The zero-order chi connectivity index (χ0) is 78.7. The number of nitrogens with zero attached hydrogens (tertiary/aromatic N) is 8. The molecule has 0 aliphatic rings. The molecule has 0 aliphatic carbocycles. The van der Waals surface area contributed by atoms with Crippen LogP contribution in [0.15, 0.2) is 334 Å². The Morgan fingerprint density at radius 3 is 1.25 bits per heavy atom. The van der Waals surface area contributed by atoms with Crippen molar-refractivity contribution in [2.75, 3.05) is 0 Å². The molecule has 8 heterocycles. The van der Waals surface area contributed by atoms with E-state index < -0.39 is 5.97 Å². The molecule has 0 bridgehead atoms. The van der Waals surface area contributed by atoms with E-state index in [1.165, 1.54) is 97.4 Å². The average molecular weight is 2670 g/mol. The van der Waals surface area contributed by atoms with Crippen molar-refractivity contribution < 1.29 is 147 Å². The van der Waals surface area contributed by atoms with Crippen LogP contribution in [0.4, 0.5) is 0 Å². The van der Waals surface area contributed by atoms with Crippen molar-refractivity contribution in [1.82, 2.24) is 39.5 Å². The van der Waals surface area contributed by atoms with Gasteiger partial charge in [0, 0.05) is 164 Å².